The van der Waals surface area contributed by atoms with E-state index in [0.717, 1.165) is 31.1 Å². The van der Waals surface area contributed by atoms with Crippen LogP contribution >= 0.6 is 0 Å². The number of nitrogens with zero attached hydrogens (tertiary/aromatic N) is 2. The van der Waals surface area contributed by atoms with Crippen LogP contribution in [0.15, 0.2) is 24.3 Å². The third-order valence-corrected chi connectivity index (χ3v) is 5.14. The fraction of sp³-hybridized carbons (Fsp3) is 0.632. The molecule has 0 spiro atoms. The Labute approximate surface area is 150 Å². The molecular formula is C19H29N3O3. The number of benzene rings is 1. The van der Waals surface area contributed by atoms with E-state index in [1.165, 1.54) is 19.3 Å². The number of hydrogen-bond acceptors (Lipinski definition) is 4. The second-order valence-electron chi connectivity index (χ2n) is 6.76. The minimum absolute atomic E-state index is 0.0153. The average Bonchev–Trinajstić information content (AvgIpc) is 2.62. The molecule has 2 aliphatic heterocycles. The normalized spacial score (nSPS) is 21.5. The molecule has 0 unspecified atom stereocenters. The molecule has 0 bridgehead atoms. The maximum Gasteiger partial charge on any atom is 0.317 e. The van der Waals surface area contributed by atoms with Crippen molar-refractivity contribution in [2.75, 3.05) is 39.8 Å². The van der Waals surface area contributed by atoms with Gasteiger partial charge in [0.05, 0.1) is 20.2 Å². The summed E-state index contributed by atoms with van der Waals surface area (Å²) in [6.45, 7) is 6.36. The minimum Gasteiger partial charge on any atom is -0.493 e. The number of likely N-dealkylation sites (tertiary alicyclic amines) is 2. The number of hydrogen-bond donors (Lipinski definition) is 1. The zero-order valence-corrected chi connectivity index (χ0v) is 15.2. The van der Waals surface area contributed by atoms with Gasteiger partial charge in [0.15, 0.2) is 11.5 Å². The van der Waals surface area contributed by atoms with Gasteiger partial charge < -0.3 is 19.7 Å². The van der Waals surface area contributed by atoms with Crippen LogP contribution in [-0.2, 0) is 0 Å². The molecule has 0 aromatic heterocycles. The lowest BCUT2D eigenvalue weighted by atomic mass is 10.0. The molecule has 1 aromatic carbocycles. The zero-order chi connectivity index (χ0) is 17.6. The third-order valence-electron chi connectivity index (χ3n) is 5.14. The summed E-state index contributed by atoms with van der Waals surface area (Å²) < 4.78 is 11.2. The number of likely N-dealkylation sites (N-methyl/N-ethyl adjacent to an activating group) is 1. The van der Waals surface area contributed by atoms with Gasteiger partial charge in [0.1, 0.15) is 6.10 Å². The number of amides is 2. The second kappa shape index (κ2) is 8.43. The van der Waals surface area contributed by atoms with Gasteiger partial charge in [0.25, 0.3) is 0 Å². The van der Waals surface area contributed by atoms with Crippen molar-refractivity contribution in [1.82, 2.24) is 15.1 Å². The van der Waals surface area contributed by atoms with Crippen LogP contribution in [0, 0.1) is 0 Å². The molecule has 2 fully saturated rings. The van der Waals surface area contributed by atoms with Crippen molar-refractivity contribution in [1.29, 1.82) is 0 Å². The van der Waals surface area contributed by atoms with Crippen LogP contribution in [0.2, 0.25) is 0 Å². The largest absolute Gasteiger partial charge is 0.493 e. The Kier molecular flexibility index (Phi) is 6.02. The Morgan fingerprint density at radius 2 is 2.00 bits per heavy atom. The molecule has 0 saturated carbocycles. The summed E-state index contributed by atoms with van der Waals surface area (Å²) in [5.41, 5.74) is 0. The molecule has 0 aliphatic carbocycles. The summed E-state index contributed by atoms with van der Waals surface area (Å²) in [4.78, 5) is 16.6. The SMILES string of the molecule is CCN1CCCC[C@H]1CNC(=O)N1CC(Oc2ccccc2OC)C1. The molecule has 6 heteroatoms. The molecule has 0 radical (unpaired) electrons. The Balaban J connectivity index is 1.41. The van der Waals surface area contributed by atoms with Crippen molar-refractivity contribution >= 4 is 6.03 Å². The molecule has 1 atom stereocenters. The quantitative estimate of drug-likeness (QED) is 0.858. The maximum absolute atomic E-state index is 12.3. The van der Waals surface area contributed by atoms with Crippen molar-refractivity contribution in [3.05, 3.63) is 24.3 Å². The number of para-hydroxylation sites is 2. The standard InChI is InChI=1S/C19H29N3O3/c1-3-21-11-7-6-8-15(21)12-20-19(23)22-13-16(14-22)25-18-10-5-4-9-17(18)24-2/h4-5,9-10,15-16H,3,6-8,11-14H2,1-2H3,(H,20,23)/t15-/m0/s1. The van der Waals surface area contributed by atoms with Gasteiger partial charge in [-0.05, 0) is 38.1 Å². The number of methoxy groups -OCH3 is 1. The number of ether oxygens (including phenoxy) is 2. The highest BCUT2D eigenvalue weighted by atomic mass is 16.5. The number of carbonyl (C=O) groups is 1. The Bertz CT molecular complexity index is 575. The van der Waals surface area contributed by atoms with E-state index in [4.69, 9.17) is 9.47 Å². The highest BCUT2D eigenvalue weighted by Gasteiger charge is 2.33. The van der Waals surface area contributed by atoms with E-state index in [1.54, 1.807) is 12.0 Å². The van der Waals surface area contributed by atoms with Crippen molar-refractivity contribution < 1.29 is 14.3 Å². The maximum atomic E-state index is 12.3. The molecule has 138 valence electrons. The van der Waals surface area contributed by atoms with E-state index in [-0.39, 0.29) is 12.1 Å². The third kappa shape index (κ3) is 4.37. The zero-order valence-electron chi connectivity index (χ0n) is 15.2. The summed E-state index contributed by atoms with van der Waals surface area (Å²) in [6, 6.07) is 8.10. The van der Waals surface area contributed by atoms with Gasteiger partial charge in [-0.25, -0.2) is 4.79 Å². The van der Waals surface area contributed by atoms with Gasteiger partial charge in [-0.3, -0.25) is 4.90 Å². The molecule has 2 saturated heterocycles. The van der Waals surface area contributed by atoms with Gasteiger partial charge >= 0.3 is 6.03 Å². The van der Waals surface area contributed by atoms with Crippen LogP contribution in [0.25, 0.3) is 0 Å². The molecular weight excluding hydrogens is 318 g/mol. The summed E-state index contributed by atoms with van der Waals surface area (Å²) in [5.74, 6) is 1.46. The van der Waals surface area contributed by atoms with Crippen LogP contribution in [0.4, 0.5) is 4.79 Å². The van der Waals surface area contributed by atoms with Gasteiger partial charge in [0, 0.05) is 12.6 Å². The van der Waals surface area contributed by atoms with E-state index in [2.05, 4.69) is 17.1 Å². The van der Waals surface area contributed by atoms with Crippen LogP contribution in [0.1, 0.15) is 26.2 Å². The van der Waals surface area contributed by atoms with Crippen LogP contribution < -0.4 is 14.8 Å². The van der Waals surface area contributed by atoms with Crippen LogP contribution in [0.3, 0.4) is 0 Å². The number of piperidine rings is 1. The molecule has 2 amide bonds. The lowest BCUT2D eigenvalue weighted by Crippen LogP contribution is -2.60. The first kappa shape index (κ1) is 17.9. The Morgan fingerprint density at radius 3 is 2.72 bits per heavy atom. The number of rotatable bonds is 6. The Hall–Kier alpha value is -1.95. The highest BCUT2D eigenvalue weighted by Crippen LogP contribution is 2.28. The summed E-state index contributed by atoms with van der Waals surface area (Å²) in [5, 5.41) is 3.09. The molecule has 1 aromatic rings. The monoisotopic (exact) mass is 347 g/mol. The first-order valence-corrected chi connectivity index (χ1v) is 9.27. The molecule has 6 nitrogen and oxygen atoms in total. The molecule has 25 heavy (non-hydrogen) atoms. The van der Waals surface area contributed by atoms with Gasteiger partial charge in [-0.15, -0.1) is 0 Å². The lowest BCUT2D eigenvalue weighted by molar-refractivity contribution is 0.0415. The summed E-state index contributed by atoms with van der Waals surface area (Å²) in [7, 11) is 1.63. The fourth-order valence-corrected chi connectivity index (χ4v) is 3.60. The van der Waals surface area contributed by atoms with Gasteiger partial charge in [-0.2, -0.15) is 0 Å². The molecule has 1 N–H and O–H groups in total. The van der Waals surface area contributed by atoms with Crippen molar-refractivity contribution in [2.45, 2.75) is 38.3 Å². The first-order chi connectivity index (χ1) is 12.2. The smallest absolute Gasteiger partial charge is 0.317 e. The lowest BCUT2D eigenvalue weighted by Gasteiger charge is -2.40. The van der Waals surface area contributed by atoms with E-state index >= 15 is 0 Å². The predicted molar refractivity (Wildman–Crippen MR) is 97.3 cm³/mol. The van der Waals surface area contributed by atoms with Gasteiger partial charge in [0.2, 0.25) is 0 Å². The van der Waals surface area contributed by atoms with Crippen LogP contribution in [0.5, 0.6) is 11.5 Å². The van der Waals surface area contributed by atoms with E-state index in [1.807, 2.05) is 24.3 Å². The van der Waals surface area contributed by atoms with Crippen molar-refractivity contribution in [2.24, 2.45) is 0 Å². The molecule has 3 rings (SSSR count). The summed E-state index contributed by atoms with van der Waals surface area (Å²) >= 11 is 0. The summed E-state index contributed by atoms with van der Waals surface area (Å²) in [6.07, 6.45) is 3.74. The highest BCUT2D eigenvalue weighted by molar-refractivity contribution is 5.75. The predicted octanol–water partition coefficient (Wildman–Crippen LogP) is 2.34. The minimum atomic E-state index is 0.0153. The second-order valence-corrected chi connectivity index (χ2v) is 6.76. The average molecular weight is 347 g/mol. The van der Waals surface area contributed by atoms with Gasteiger partial charge in [-0.1, -0.05) is 25.5 Å². The van der Waals surface area contributed by atoms with Crippen molar-refractivity contribution in [3.8, 4) is 11.5 Å². The van der Waals surface area contributed by atoms with Crippen molar-refractivity contribution in [3.63, 3.8) is 0 Å². The van der Waals surface area contributed by atoms with E-state index in [9.17, 15) is 4.79 Å². The van der Waals surface area contributed by atoms with E-state index in [0.29, 0.717) is 19.1 Å². The molecule has 2 heterocycles. The number of carbonyl (C=O) groups excluding carboxylic acids is 1. The van der Waals surface area contributed by atoms with Crippen LogP contribution in [-0.4, -0.2) is 67.8 Å². The molecule has 2 aliphatic rings. The first-order valence-electron chi connectivity index (χ1n) is 9.27. The van der Waals surface area contributed by atoms with E-state index < -0.39 is 0 Å². The Morgan fingerprint density at radius 1 is 1.24 bits per heavy atom. The number of nitrogens with one attached hydrogen (secondary N) is 1. The number of urea groups is 1. The topological polar surface area (TPSA) is 54.0 Å². The fourth-order valence-electron chi connectivity index (χ4n) is 3.60.